The summed E-state index contributed by atoms with van der Waals surface area (Å²) in [6.07, 6.45) is 3.50. The molecular formula is C11H21N3. The number of nitriles is 1. The Bertz CT molecular complexity index is 217. The van der Waals surface area contributed by atoms with Gasteiger partial charge in [0.1, 0.15) is 0 Å². The fourth-order valence-electron chi connectivity index (χ4n) is 2.14. The molecule has 0 saturated carbocycles. The molecule has 3 nitrogen and oxygen atoms in total. The lowest BCUT2D eigenvalue weighted by Gasteiger charge is -2.31. The Balaban J connectivity index is 2.35. The molecule has 1 rings (SSSR count). The number of hydrogen-bond donors (Lipinski definition) is 1. The Hall–Kier alpha value is -0.590. The van der Waals surface area contributed by atoms with Crippen LogP contribution in [0.5, 0.6) is 0 Å². The Morgan fingerprint density at radius 2 is 2.29 bits per heavy atom. The van der Waals surface area contributed by atoms with Crippen LogP contribution in [0.3, 0.4) is 0 Å². The van der Waals surface area contributed by atoms with Crippen LogP contribution in [-0.4, -0.2) is 36.6 Å². The van der Waals surface area contributed by atoms with Gasteiger partial charge in [-0.15, -0.1) is 0 Å². The topological polar surface area (TPSA) is 39.1 Å². The third kappa shape index (κ3) is 2.70. The maximum atomic E-state index is 8.80. The molecule has 1 fully saturated rings. The van der Waals surface area contributed by atoms with Crippen LogP contribution < -0.4 is 5.32 Å². The first-order chi connectivity index (χ1) is 6.60. The van der Waals surface area contributed by atoms with E-state index in [2.05, 4.69) is 30.1 Å². The first kappa shape index (κ1) is 11.5. The minimum absolute atomic E-state index is 0.00593. The molecule has 0 radical (unpaired) electrons. The normalized spacial score (nSPS) is 23.3. The average molecular weight is 195 g/mol. The number of likely N-dealkylation sites (tertiary alicyclic amines) is 1. The lowest BCUT2D eigenvalue weighted by molar-refractivity contribution is 0.170. The second-order valence-corrected chi connectivity index (χ2v) is 4.66. The van der Waals surface area contributed by atoms with Crippen molar-refractivity contribution >= 4 is 0 Å². The van der Waals surface area contributed by atoms with Crippen molar-refractivity contribution in [2.24, 2.45) is 0 Å². The SMILES string of the molecule is CNC(C#N)CCN1CCCC1(C)C. The molecule has 1 aliphatic heterocycles. The average Bonchev–Trinajstić information content (AvgIpc) is 2.47. The number of nitrogens with one attached hydrogen (secondary N) is 1. The minimum atomic E-state index is 0.00593. The number of nitrogens with zero attached hydrogens (tertiary/aromatic N) is 2. The van der Waals surface area contributed by atoms with Gasteiger partial charge in [-0.1, -0.05) is 0 Å². The highest BCUT2D eigenvalue weighted by atomic mass is 15.2. The van der Waals surface area contributed by atoms with Gasteiger partial charge in [-0.3, -0.25) is 4.90 Å². The Kier molecular flexibility index (Phi) is 3.91. The minimum Gasteiger partial charge on any atom is -0.305 e. The van der Waals surface area contributed by atoms with E-state index in [1.165, 1.54) is 19.4 Å². The van der Waals surface area contributed by atoms with Crippen molar-refractivity contribution in [3.8, 4) is 6.07 Å². The van der Waals surface area contributed by atoms with E-state index in [0.717, 1.165) is 13.0 Å². The third-order valence-corrected chi connectivity index (χ3v) is 3.26. The Morgan fingerprint density at radius 1 is 1.57 bits per heavy atom. The van der Waals surface area contributed by atoms with Crippen LogP contribution in [0.1, 0.15) is 33.1 Å². The van der Waals surface area contributed by atoms with E-state index in [9.17, 15) is 0 Å². The van der Waals surface area contributed by atoms with Gasteiger partial charge in [-0.05, 0) is 46.7 Å². The highest BCUT2D eigenvalue weighted by Gasteiger charge is 2.31. The van der Waals surface area contributed by atoms with Crippen molar-refractivity contribution in [1.29, 1.82) is 5.26 Å². The van der Waals surface area contributed by atoms with Crippen molar-refractivity contribution < 1.29 is 0 Å². The van der Waals surface area contributed by atoms with Gasteiger partial charge in [-0.25, -0.2) is 0 Å². The van der Waals surface area contributed by atoms with Gasteiger partial charge in [0.15, 0.2) is 0 Å². The van der Waals surface area contributed by atoms with Crippen LogP contribution in [0.4, 0.5) is 0 Å². The number of rotatable bonds is 4. The molecular weight excluding hydrogens is 174 g/mol. The predicted octanol–water partition coefficient (Wildman–Crippen LogP) is 1.36. The van der Waals surface area contributed by atoms with Gasteiger partial charge < -0.3 is 5.32 Å². The molecule has 1 aliphatic rings. The first-order valence-electron chi connectivity index (χ1n) is 5.42. The van der Waals surface area contributed by atoms with E-state index in [0.29, 0.717) is 5.54 Å². The molecule has 3 heteroatoms. The second kappa shape index (κ2) is 4.77. The molecule has 0 aromatic rings. The molecule has 1 unspecified atom stereocenters. The Morgan fingerprint density at radius 3 is 2.71 bits per heavy atom. The van der Waals surface area contributed by atoms with Gasteiger partial charge in [0.05, 0.1) is 12.1 Å². The molecule has 1 heterocycles. The number of hydrogen-bond acceptors (Lipinski definition) is 3. The predicted molar refractivity (Wildman–Crippen MR) is 58.0 cm³/mol. The molecule has 0 aromatic heterocycles. The van der Waals surface area contributed by atoms with Crippen LogP contribution in [0, 0.1) is 11.3 Å². The fraction of sp³-hybridized carbons (Fsp3) is 0.909. The summed E-state index contributed by atoms with van der Waals surface area (Å²) in [5.41, 5.74) is 0.341. The summed E-state index contributed by atoms with van der Waals surface area (Å²) < 4.78 is 0. The van der Waals surface area contributed by atoms with Gasteiger partial charge in [-0.2, -0.15) is 5.26 Å². The van der Waals surface area contributed by atoms with Crippen molar-refractivity contribution in [1.82, 2.24) is 10.2 Å². The molecule has 1 atom stereocenters. The largest absolute Gasteiger partial charge is 0.305 e. The van der Waals surface area contributed by atoms with Crippen molar-refractivity contribution in [2.45, 2.75) is 44.7 Å². The van der Waals surface area contributed by atoms with Crippen molar-refractivity contribution in [2.75, 3.05) is 20.1 Å². The zero-order chi connectivity index (χ0) is 10.6. The summed E-state index contributed by atoms with van der Waals surface area (Å²) in [4.78, 5) is 2.49. The third-order valence-electron chi connectivity index (χ3n) is 3.26. The van der Waals surface area contributed by atoms with Crippen molar-refractivity contribution in [3.05, 3.63) is 0 Å². The second-order valence-electron chi connectivity index (χ2n) is 4.66. The monoisotopic (exact) mass is 195 g/mol. The van der Waals surface area contributed by atoms with Crippen LogP contribution in [0.25, 0.3) is 0 Å². The molecule has 0 aromatic carbocycles. The van der Waals surface area contributed by atoms with Crippen molar-refractivity contribution in [3.63, 3.8) is 0 Å². The molecule has 1 saturated heterocycles. The van der Waals surface area contributed by atoms with E-state index in [-0.39, 0.29) is 6.04 Å². The maximum Gasteiger partial charge on any atom is 0.0962 e. The molecule has 80 valence electrons. The summed E-state index contributed by atoms with van der Waals surface area (Å²) in [5.74, 6) is 0. The zero-order valence-electron chi connectivity index (χ0n) is 9.51. The van der Waals surface area contributed by atoms with Gasteiger partial charge in [0.2, 0.25) is 0 Å². The van der Waals surface area contributed by atoms with Gasteiger partial charge in [0.25, 0.3) is 0 Å². The fourth-order valence-corrected chi connectivity index (χ4v) is 2.14. The smallest absolute Gasteiger partial charge is 0.0962 e. The quantitative estimate of drug-likeness (QED) is 0.736. The summed E-state index contributed by atoms with van der Waals surface area (Å²) >= 11 is 0. The molecule has 0 spiro atoms. The van der Waals surface area contributed by atoms with E-state index < -0.39 is 0 Å². The van der Waals surface area contributed by atoms with E-state index in [1.807, 2.05) is 7.05 Å². The summed E-state index contributed by atoms with van der Waals surface area (Å²) in [5, 5.41) is 11.8. The van der Waals surface area contributed by atoms with E-state index >= 15 is 0 Å². The highest BCUT2D eigenvalue weighted by molar-refractivity contribution is 4.92. The maximum absolute atomic E-state index is 8.80. The van der Waals surface area contributed by atoms with Crippen LogP contribution in [-0.2, 0) is 0 Å². The highest BCUT2D eigenvalue weighted by Crippen LogP contribution is 2.27. The molecule has 0 bridgehead atoms. The van der Waals surface area contributed by atoms with Crippen LogP contribution >= 0.6 is 0 Å². The molecule has 0 aliphatic carbocycles. The lowest BCUT2D eigenvalue weighted by atomic mass is 10.0. The summed E-state index contributed by atoms with van der Waals surface area (Å²) in [6, 6.07) is 2.27. The zero-order valence-corrected chi connectivity index (χ0v) is 9.51. The van der Waals surface area contributed by atoms with Gasteiger partial charge >= 0.3 is 0 Å². The molecule has 14 heavy (non-hydrogen) atoms. The molecule has 0 amide bonds. The van der Waals surface area contributed by atoms with Gasteiger partial charge in [0, 0.05) is 12.1 Å². The van der Waals surface area contributed by atoms with E-state index in [4.69, 9.17) is 5.26 Å². The summed E-state index contributed by atoms with van der Waals surface area (Å²) in [7, 11) is 1.85. The first-order valence-corrected chi connectivity index (χ1v) is 5.42. The van der Waals surface area contributed by atoms with Crippen LogP contribution in [0.2, 0.25) is 0 Å². The summed E-state index contributed by atoms with van der Waals surface area (Å²) in [6.45, 7) is 6.81. The van der Waals surface area contributed by atoms with Crippen LogP contribution in [0.15, 0.2) is 0 Å². The van der Waals surface area contributed by atoms with E-state index in [1.54, 1.807) is 0 Å². The molecule has 1 N–H and O–H groups in total. The Labute approximate surface area is 87.1 Å². The standard InChI is InChI=1S/C11H21N3/c1-11(2)6-4-7-14(11)8-5-10(9-12)13-3/h10,13H,4-8H2,1-3H3. The lowest BCUT2D eigenvalue weighted by Crippen LogP contribution is -2.40.